The molecular formula is C15H25NO2S. The first-order valence-corrected chi connectivity index (χ1v) is 8.21. The zero-order valence-electron chi connectivity index (χ0n) is 11.7. The van der Waals surface area contributed by atoms with Crippen LogP contribution in [0.1, 0.15) is 38.2 Å². The highest BCUT2D eigenvalue weighted by Gasteiger charge is 2.22. The molecule has 2 N–H and O–H groups in total. The second-order valence-electron chi connectivity index (χ2n) is 5.55. The number of ether oxygens (including phenoxy) is 1. The highest BCUT2D eigenvalue weighted by Crippen LogP contribution is 2.26. The monoisotopic (exact) mass is 283 g/mol. The fourth-order valence-corrected chi connectivity index (χ4v) is 3.27. The van der Waals surface area contributed by atoms with Crippen molar-refractivity contribution in [2.24, 2.45) is 5.92 Å². The normalized spacial score (nSPS) is 25.4. The van der Waals surface area contributed by atoms with Gasteiger partial charge in [-0.05, 0) is 41.1 Å². The zero-order chi connectivity index (χ0) is 13.5. The Kier molecular flexibility index (Phi) is 6.31. The van der Waals surface area contributed by atoms with E-state index in [2.05, 4.69) is 29.1 Å². The number of rotatable bonds is 7. The molecule has 3 unspecified atom stereocenters. The number of aliphatic hydroxyl groups excluding tert-OH is 1. The molecule has 0 bridgehead atoms. The lowest BCUT2D eigenvalue weighted by Gasteiger charge is -2.29. The van der Waals surface area contributed by atoms with Gasteiger partial charge in [-0.1, -0.05) is 19.8 Å². The van der Waals surface area contributed by atoms with Crippen molar-refractivity contribution >= 4 is 11.3 Å². The molecule has 1 aromatic heterocycles. The Hall–Kier alpha value is -0.420. The molecule has 4 heteroatoms. The third-order valence-corrected chi connectivity index (χ3v) is 4.56. The number of nitrogens with one attached hydrogen (secondary N) is 1. The van der Waals surface area contributed by atoms with Crippen molar-refractivity contribution in [3.05, 3.63) is 22.4 Å². The molecule has 1 aromatic rings. The van der Waals surface area contributed by atoms with Crippen LogP contribution in [0.2, 0.25) is 0 Å². The van der Waals surface area contributed by atoms with Gasteiger partial charge in [-0.3, -0.25) is 0 Å². The minimum Gasteiger partial charge on any atom is -0.389 e. The Morgan fingerprint density at radius 1 is 1.47 bits per heavy atom. The molecule has 1 fully saturated rings. The molecule has 1 aliphatic rings. The molecule has 108 valence electrons. The standard InChI is InChI=1S/C15H25NO2S/c1-12-4-2-3-5-15(12)18-10-14(17)9-16-8-13-6-7-19-11-13/h6-7,11-12,14-17H,2-5,8-10H2,1H3. The molecule has 0 saturated heterocycles. The highest BCUT2D eigenvalue weighted by molar-refractivity contribution is 7.07. The first-order chi connectivity index (χ1) is 9.25. The van der Waals surface area contributed by atoms with E-state index in [-0.39, 0.29) is 0 Å². The van der Waals surface area contributed by atoms with Crippen LogP contribution in [0.5, 0.6) is 0 Å². The molecular weight excluding hydrogens is 258 g/mol. The Labute approximate surface area is 120 Å². The molecule has 1 heterocycles. The van der Waals surface area contributed by atoms with E-state index in [1.54, 1.807) is 11.3 Å². The molecule has 3 atom stereocenters. The van der Waals surface area contributed by atoms with Gasteiger partial charge < -0.3 is 15.2 Å². The van der Waals surface area contributed by atoms with Crippen LogP contribution in [0.25, 0.3) is 0 Å². The largest absolute Gasteiger partial charge is 0.389 e. The van der Waals surface area contributed by atoms with Crippen molar-refractivity contribution in [2.45, 2.75) is 51.4 Å². The van der Waals surface area contributed by atoms with Crippen LogP contribution >= 0.6 is 11.3 Å². The predicted molar refractivity (Wildman–Crippen MR) is 79.4 cm³/mol. The fourth-order valence-electron chi connectivity index (χ4n) is 2.60. The van der Waals surface area contributed by atoms with E-state index in [1.807, 2.05) is 0 Å². The topological polar surface area (TPSA) is 41.5 Å². The van der Waals surface area contributed by atoms with Crippen LogP contribution in [0.15, 0.2) is 16.8 Å². The van der Waals surface area contributed by atoms with Crippen LogP contribution in [-0.2, 0) is 11.3 Å². The van der Waals surface area contributed by atoms with Crippen molar-refractivity contribution < 1.29 is 9.84 Å². The summed E-state index contributed by atoms with van der Waals surface area (Å²) in [4.78, 5) is 0. The van der Waals surface area contributed by atoms with E-state index in [0.717, 1.165) is 13.0 Å². The quantitative estimate of drug-likeness (QED) is 0.808. The van der Waals surface area contributed by atoms with E-state index < -0.39 is 6.10 Å². The molecule has 0 aliphatic heterocycles. The van der Waals surface area contributed by atoms with Gasteiger partial charge in [-0.2, -0.15) is 11.3 Å². The lowest BCUT2D eigenvalue weighted by molar-refractivity contribution is -0.0452. The van der Waals surface area contributed by atoms with E-state index in [0.29, 0.717) is 25.2 Å². The summed E-state index contributed by atoms with van der Waals surface area (Å²) in [6, 6.07) is 2.10. The van der Waals surface area contributed by atoms with Gasteiger partial charge in [0.2, 0.25) is 0 Å². The van der Waals surface area contributed by atoms with Crippen molar-refractivity contribution in [1.82, 2.24) is 5.32 Å². The van der Waals surface area contributed by atoms with Crippen molar-refractivity contribution in [3.63, 3.8) is 0 Å². The average Bonchev–Trinajstić information content (AvgIpc) is 2.91. The minimum atomic E-state index is -0.409. The minimum absolute atomic E-state index is 0.347. The SMILES string of the molecule is CC1CCCCC1OCC(O)CNCc1ccsc1. The van der Waals surface area contributed by atoms with Gasteiger partial charge in [-0.25, -0.2) is 0 Å². The maximum Gasteiger partial charge on any atom is 0.0897 e. The Morgan fingerprint density at radius 2 is 2.32 bits per heavy atom. The Balaban J connectivity index is 1.57. The van der Waals surface area contributed by atoms with Crippen molar-refractivity contribution in [2.75, 3.05) is 13.2 Å². The summed E-state index contributed by atoms with van der Waals surface area (Å²) in [5.41, 5.74) is 1.28. The summed E-state index contributed by atoms with van der Waals surface area (Å²) in [5.74, 6) is 0.639. The second-order valence-corrected chi connectivity index (χ2v) is 6.33. The van der Waals surface area contributed by atoms with Crippen LogP contribution in [0, 0.1) is 5.92 Å². The number of hydrogen-bond donors (Lipinski definition) is 2. The van der Waals surface area contributed by atoms with E-state index >= 15 is 0 Å². The average molecular weight is 283 g/mol. The molecule has 1 saturated carbocycles. The predicted octanol–water partition coefficient (Wildman–Crippen LogP) is 2.79. The summed E-state index contributed by atoms with van der Waals surface area (Å²) < 4.78 is 5.86. The first-order valence-electron chi connectivity index (χ1n) is 7.27. The van der Waals surface area contributed by atoms with Gasteiger partial charge in [0, 0.05) is 13.1 Å². The van der Waals surface area contributed by atoms with Crippen LogP contribution in [0.4, 0.5) is 0 Å². The number of thiophene rings is 1. The lowest BCUT2D eigenvalue weighted by Crippen LogP contribution is -2.34. The number of hydrogen-bond acceptors (Lipinski definition) is 4. The Morgan fingerprint density at radius 3 is 3.05 bits per heavy atom. The highest BCUT2D eigenvalue weighted by atomic mass is 32.1. The molecule has 19 heavy (non-hydrogen) atoms. The summed E-state index contributed by atoms with van der Waals surface area (Å²) in [5, 5.41) is 17.4. The molecule has 0 amide bonds. The van der Waals surface area contributed by atoms with Crippen LogP contribution in [0.3, 0.4) is 0 Å². The molecule has 3 nitrogen and oxygen atoms in total. The fraction of sp³-hybridized carbons (Fsp3) is 0.733. The number of aliphatic hydroxyl groups is 1. The molecule has 0 aromatic carbocycles. The van der Waals surface area contributed by atoms with Gasteiger partial charge in [0.05, 0.1) is 18.8 Å². The summed E-state index contributed by atoms with van der Waals surface area (Å²) in [7, 11) is 0. The van der Waals surface area contributed by atoms with Gasteiger partial charge >= 0.3 is 0 Å². The summed E-state index contributed by atoms with van der Waals surface area (Å²) >= 11 is 1.70. The van der Waals surface area contributed by atoms with Crippen molar-refractivity contribution in [3.8, 4) is 0 Å². The summed E-state index contributed by atoms with van der Waals surface area (Å²) in [6.07, 6.45) is 4.94. The second kappa shape index (κ2) is 8.00. The smallest absolute Gasteiger partial charge is 0.0897 e. The van der Waals surface area contributed by atoms with E-state index in [4.69, 9.17) is 4.74 Å². The Bertz CT molecular complexity index is 342. The molecule has 0 radical (unpaired) electrons. The molecule has 1 aliphatic carbocycles. The molecule has 0 spiro atoms. The third kappa shape index (κ3) is 5.22. The van der Waals surface area contributed by atoms with E-state index in [1.165, 1.54) is 24.8 Å². The maximum absolute atomic E-state index is 9.91. The third-order valence-electron chi connectivity index (χ3n) is 3.82. The summed E-state index contributed by atoms with van der Waals surface area (Å²) in [6.45, 7) is 4.12. The van der Waals surface area contributed by atoms with Crippen molar-refractivity contribution in [1.29, 1.82) is 0 Å². The van der Waals surface area contributed by atoms with Gasteiger partial charge in [-0.15, -0.1) is 0 Å². The van der Waals surface area contributed by atoms with Gasteiger partial charge in [0.25, 0.3) is 0 Å². The molecule has 2 rings (SSSR count). The maximum atomic E-state index is 9.91. The first kappa shape index (κ1) is 15.0. The van der Waals surface area contributed by atoms with E-state index in [9.17, 15) is 5.11 Å². The van der Waals surface area contributed by atoms with Crippen LogP contribution in [-0.4, -0.2) is 30.5 Å². The zero-order valence-corrected chi connectivity index (χ0v) is 12.5. The van der Waals surface area contributed by atoms with Gasteiger partial charge in [0.15, 0.2) is 0 Å². The van der Waals surface area contributed by atoms with Crippen LogP contribution < -0.4 is 5.32 Å². The van der Waals surface area contributed by atoms with Gasteiger partial charge in [0.1, 0.15) is 0 Å². The lowest BCUT2D eigenvalue weighted by atomic mass is 9.88.